The van der Waals surface area contributed by atoms with Crippen molar-refractivity contribution in [1.29, 1.82) is 0 Å². The number of carbonyl (C=O) groups is 1. The van der Waals surface area contributed by atoms with Crippen LogP contribution in [-0.2, 0) is 9.53 Å². The first-order chi connectivity index (χ1) is 10.3. The molecule has 21 heavy (non-hydrogen) atoms. The van der Waals surface area contributed by atoms with Crippen molar-refractivity contribution in [3.05, 3.63) is 0 Å². The van der Waals surface area contributed by atoms with E-state index in [2.05, 4.69) is 0 Å². The summed E-state index contributed by atoms with van der Waals surface area (Å²) in [6, 6.07) is 0. The Labute approximate surface area is 129 Å². The molecule has 0 amide bonds. The van der Waals surface area contributed by atoms with Crippen LogP contribution in [0.2, 0.25) is 0 Å². The molecule has 0 saturated heterocycles. The van der Waals surface area contributed by atoms with E-state index in [0.717, 1.165) is 57.8 Å². The molecular weight excluding hydrogens is 268 g/mol. The zero-order valence-corrected chi connectivity index (χ0v) is 13.5. The monoisotopic (exact) mass is 302 g/mol. The highest BCUT2D eigenvalue weighted by molar-refractivity contribution is 5.69. The normalized spacial score (nSPS) is 10.8. The van der Waals surface area contributed by atoms with Crippen molar-refractivity contribution in [2.45, 2.75) is 83.5 Å². The lowest BCUT2D eigenvalue weighted by molar-refractivity contribution is -0.143. The van der Waals surface area contributed by atoms with Gasteiger partial charge in [0, 0.05) is 19.6 Å². The lowest BCUT2D eigenvalue weighted by Gasteiger charge is -2.05. The summed E-state index contributed by atoms with van der Waals surface area (Å²) in [6.07, 6.45) is 13.2. The van der Waals surface area contributed by atoms with Crippen LogP contribution in [-0.4, -0.2) is 36.0 Å². The second-order valence-electron chi connectivity index (χ2n) is 5.66. The number of unbranched alkanes of at least 4 members (excludes halogenated alkanes) is 10. The van der Waals surface area contributed by atoms with E-state index < -0.39 is 0 Å². The van der Waals surface area contributed by atoms with E-state index in [9.17, 15) is 4.79 Å². The predicted molar refractivity (Wildman–Crippen MR) is 85.2 cm³/mol. The SMILES string of the molecule is O=C(CCCCCCCCCO)OCCCCCCCO. The number of aliphatic hydroxyl groups excluding tert-OH is 2. The van der Waals surface area contributed by atoms with Crippen LogP contribution in [0.3, 0.4) is 0 Å². The minimum absolute atomic E-state index is 0.0642. The van der Waals surface area contributed by atoms with Crippen molar-refractivity contribution in [3.8, 4) is 0 Å². The van der Waals surface area contributed by atoms with E-state index in [-0.39, 0.29) is 12.6 Å². The summed E-state index contributed by atoms with van der Waals surface area (Å²) in [4.78, 5) is 11.5. The van der Waals surface area contributed by atoms with Crippen molar-refractivity contribution < 1.29 is 19.7 Å². The quantitative estimate of drug-likeness (QED) is 0.338. The fraction of sp³-hybridized carbons (Fsp3) is 0.941. The highest BCUT2D eigenvalue weighted by Gasteiger charge is 2.02. The van der Waals surface area contributed by atoms with Gasteiger partial charge in [-0.1, -0.05) is 51.4 Å². The van der Waals surface area contributed by atoms with E-state index >= 15 is 0 Å². The summed E-state index contributed by atoms with van der Waals surface area (Å²) in [5.41, 5.74) is 0. The number of carbonyl (C=O) groups excluding carboxylic acids is 1. The first-order valence-electron chi connectivity index (χ1n) is 8.68. The molecule has 0 saturated carbocycles. The van der Waals surface area contributed by atoms with E-state index in [1.807, 2.05) is 0 Å². The van der Waals surface area contributed by atoms with Crippen LogP contribution >= 0.6 is 0 Å². The Morgan fingerprint density at radius 3 is 1.57 bits per heavy atom. The molecule has 0 fully saturated rings. The molecule has 0 aliphatic carbocycles. The van der Waals surface area contributed by atoms with Gasteiger partial charge in [-0.2, -0.15) is 0 Å². The van der Waals surface area contributed by atoms with Gasteiger partial charge in [0.1, 0.15) is 0 Å². The van der Waals surface area contributed by atoms with E-state index in [4.69, 9.17) is 14.9 Å². The summed E-state index contributed by atoms with van der Waals surface area (Å²) >= 11 is 0. The number of esters is 1. The van der Waals surface area contributed by atoms with E-state index in [1.165, 1.54) is 19.3 Å². The molecule has 0 aliphatic rings. The second kappa shape index (κ2) is 17.4. The summed E-state index contributed by atoms with van der Waals surface area (Å²) in [6.45, 7) is 1.11. The summed E-state index contributed by atoms with van der Waals surface area (Å²) in [5, 5.41) is 17.3. The molecule has 0 rings (SSSR count). The van der Waals surface area contributed by atoms with Crippen LogP contribution in [0.1, 0.15) is 83.5 Å². The average Bonchev–Trinajstić information content (AvgIpc) is 2.49. The summed E-state index contributed by atoms with van der Waals surface area (Å²) in [5.74, 6) is -0.0642. The van der Waals surface area contributed by atoms with Crippen molar-refractivity contribution >= 4 is 5.97 Å². The van der Waals surface area contributed by atoms with Gasteiger partial charge in [-0.15, -0.1) is 0 Å². The summed E-state index contributed by atoms with van der Waals surface area (Å²) < 4.78 is 5.19. The zero-order chi connectivity index (χ0) is 15.6. The number of ether oxygens (including phenoxy) is 1. The maximum Gasteiger partial charge on any atom is 0.305 e. The van der Waals surface area contributed by atoms with Gasteiger partial charge in [0.05, 0.1) is 6.61 Å². The van der Waals surface area contributed by atoms with E-state index in [0.29, 0.717) is 19.6 Å². The average molecular weight is 302 g/mol. The molecule has 0 radical (unpaired) electrons. The van der Waals surface area contributed by atoms with Crippen LogP contribution in [0.15, 0.2) is 0 Å². The molecule has 0 aliphatic heterocycles. The molecule has 2 N–H and O–H groups in total. The highest BCUT2D eigenvalue weighted by Crippen LogP contribution is 2.09. The van der Waals surface area contributed by atoms with Gasteiger partial charge in [0.2, 0.25) is 0 Å². The lowest BCUT2D eigenvalue weighted by Crippen LogP contribution is -2.05. The Morgan fingerprint density at radius 1 is 0.619 bits per heavy atom. The number of aliphatic hydroxyl groups is 2. The topological polar surface area (TPSA) is 66.8 Å². The van der Waals surface area contributed by atoms with Crippen molar-refractivity contribution in [1.82, 2.24) is 0 Å². The third kappa shape index (κ3) is 17.3. The minimum Gasteiger partial charge on any atom is -0.466 e. The van der Waals surface area contributed by atoms with Crippen LogP contribution in [0.5, 0.6) is 0 Å². The standard InChI is InChI=1S/C17H34O4/c18-14-10-6-3-1-2-5-9-13-17(20)21-16-12-8-4-7-11-15-19/h18-19H,1-16H2. The molecule has 0 spiro atoms. The molecule has 0 bridgehead atoms. The number of rotatable bonds is 16. The van der Waals surface area contributed by atoms with Gasteiger partial charge in [-0.25, -0.2) is 0 Å². The summed E-state index contributed by atoms with van der Waals surface area (Å²) in [7, 11) is 0. The Kier molecular flexibility index (Phi) is 16.9. The lowest BCUT2D eigenvalue weighted by atomic mass is 10.1. The van der Waals surface area contributed by atoms with Crippen LogP contribution in [0.25, 0.3) is 0 Å². The highest BCUT2D eigenvalue weighted by atomic mass is 16.5. The molecular formula is C17H34O4. The largest absolute Gasteiger partial charge is 0.466 e. The van der Waals surface area contributed by atoms with Gasteiger partial charge < -0.3 is 14.9 Å². The molecule has 4 nitrogen and oxygen atoms in total. The van der Waals surface area contributed by atoms with Gasteiger partial charge >= 0.3 is 5.97 Å². The third-order valence-electron chi connectivity index (χ3n) is 3.60. The fourth-order valence-electron chi connectivity index (χ4n) is 2.27. The molecule has 0 atom stereocenters. The molecule has 0 aromatic carbocycles. The second-order valence-corrected chi connectivity index (χ2v) is 5.66. The van der Waals surface area contributed by atoms with Crippen molar-refractivity contribution in [3.63, 3.8) is 0 Å². The van der Waals surface area contributed by atoms with Gasteiger partial charge in [-0.3, -0.25) is 4.79 Å². The molecule has 0 unspecified atom stereocenters. The Hall–Kier alpha value is -0.610. The van der Waals surface area contributed by atoms with Gasteiger partial charge in [0.25, 0.3) is 0 Å². The Morgan fingerprint density at radius 2 is 1.05 bits per heavy atom. The number of hydrogen-bond donors (Lipinski definition) is 2. The molecule has 0 aromatic heterocycles. The van der Waals surface area contributed by atoms with Crippen LogP contribution < -0.4 is 0 Å². The Balaban J connectivity index is 3.13. The first kappa shape index (κ1) is 20.4. The molecule has 4 heteroatoms. The minimum atomic E-state index is -0.0642. The molecule has 0 heterocycles. The maximum atomic E-state index is 11.5. The predicted octanol–water partition coefficient (Wildman–Crippen LogP) is 3.59. The van der Waals surface area contributed by atoms with Crippen LogP contribution in [0, 0.1) is 0 Å². The van der Waals surface area contributed by atoms with Crippen molar-refractivity contribution in [2.75, 3.05) is 19.8 Å². The van der Waals surface area contributed by atoms with E-state index in [1.54, 1.807) is 0 Å². The third-order valence-corrected chi connectivity index (χ3v) is 3.60. The Bertz CT molecular complexity index is 219. The smallest absolute Gasteiger partial charge is 0.305 e. The fourth-order valence-corrected chi connectivity index (χ4v) is 2.27. The molecule has 0 aromatic rings. The van der Waals surface area contributed by atoms with Gasteiger partial charge in [0.15, 0.2) is 0 Å². The molecule has 126 valence electrons. The zero-order valence-electron chi connectivity index (χ0n) is 13.5. The van der Waals surface area contributed by atoms with Crippen molar-refractivity contribution in [2.24, 2.45) is 0 Å². The number of hydrogen-bond acceptors (Lipinski definition) is 4. The maximum absolute atomic E-state index is 11.5. The van der Waals surface area contributed by atoms with Crippen LogP contribution in [0.4, 0.5) is 0 Å². The van der Waals surface area contributed by atoms with Gasteiger partial charge in [-0.05, 0) is 25.7 Å². The first-order valence-corrected chi connectivity index (χ1v) is 8.68.